The van der Waals surface area contributed by atoms with Crippen molar-refractivity contribution in [2.45, 2.75) is 26.7 Å². The van der Waals surface area contributed by atoms with Crippen LogP contribution >= 0.6 is 0 Å². The third kappa shape index (κ3) is 2.46. The maximum atomic E-state index is 12.2. The molecule has 0 saturated heterocycles. The number of nitrogens with one attached hydrogen (secondary N) is 1. The minimum atomic E-state index is -0.188. The van der Waals surface area contributed by atoms with Crippen molar-refractivity contribution in [1.82, 2.24) is 19.8 Å². The molecule has 0 spiro atoms. The average Bonchev–Trinajstić information content (AvgIpc) is 3.21. The molecule has 2 aromatic heterocycles. The SMILES string of the molecule is Cc1nnc2ccc(-c3cccc(NC(=O)C4(C)CC4)c3)nn12. The number of aromatic nitrogens is 4. The van der Waals surface area contributed by atoms with Gasteiger partial charge in [0.15, 0.2) is 11.5 Å². The Morgan fingerprint density at radius 1 is 1.22 bits per heavy atom. The normalized spacial score (nSPS) is 15.6. The van der Waals surface area contributed by atoms with E-state index >= 15 is 0 Å². The van der Waals surface area contributed by atoms with Gasteiger partial charge in [-0.1, -0.05) is 19.1 Å². The lowest BCUT2D eigenvalue weighted by molar-refractivity contribution is -0.120. The second-order valence-corrected chi connectivity index (χ2v) is 6.33. The summed E-state index contributed by atoms with van der Waals surface area (Å²) >= 11 is 0. The van der Waals surface area contributed by atoms with E-state index in [0.29, 0.717) is 0 Å². The predicted octanol–water partition coefficient (Wildman–Crippen LogP) is 2.84. The Labute approximate surface area is 133 Å². The number of amides is 1. The molecule has 6 heteroatoms. The molecule has 1 aliphatic carbocycles. The zero-order valence-corrected chi connectivity index (χ0v) is 13.1. The molecule has 0 bridgehead atoms. The number of aryl methyl sites for hydroxylation is 1. The van der Waals surface area contributed by atoms with E-state index in [1.165, 1.54) is 0 Å². The quantitative estimate of drug-likeness (QED) is 0.807. The highest BCUT2D eigenvalue weighted by molar-refractivity contribution is 5.97. The summed E-state index contributed by atoms with van der Waals surface area (Å²) in [6, 6.07) is 11.5. The van der Waals surface area contributed by atoms with Gasteiger partial charge in [-0.25, -0.2) is 0 Å². The zero-order chi connectivity index (χ0) is 16.0. The second kappa shape index (κ2) is 4.87. The molecule has 0 unspecified atom stereocenters. The molecule has 2 heterocycles. The number of rotatable bonds is 3. The van der Waals surface area contributed by atoms with E-state index < -0.39 is 0 Å². The lowest BCUT2D eigenvalue weighted by atomic mass is 10.1. The molecule has 4 rings (SSSR count). The third-order valence-corrected chi connectivity index (χ3v) is 4.38. The minimum Gasteiger partial charge on any atom is -0.326 e. The highest BCUT2D eigenvalue weighted by atomic mass is 16.2. The fraction of sp³-hybridized carbons (Fsp3) is 0.294. The molecule has 3 aromatic rings. The van der Waals surface area contributed by atoms with Gasteiger partial charge in [-0.15, -0.1) is 10.2 Å². The zero-order valence-electron chi connectivity index (χ0n) is 13.1. The van der Waals surface area contributed by atoms with Gasteiger partial charge in [0.05, 0.1) is 5.69 Å². The first-order chi connectivity index (χ1) is 11.0. The Morgan fingerprint density at radius 3 is 2.83 bits per heavy atom. The molecule has 1 fully saturated rings. The first-order valence-corrected chi connectivity index (χ1v) is 7.66. The van der Waals surface area contributed by atoms with Crippen LogP contribution in [0.3, 0.4) is 0 Å². The minimum absolute atomic E-state index is 0.0905. The van der Waals surface area contributed by atoms with Crippen molar-refractivity contribution >= 4 is 17.2 Å². The van der Waals surface area contributed by atoms with Gasteiger partial charge in [0.1, 0.15) is 0 Å². The molecule has 23 heavy (non-hydrogen) atoms. The number of hydrogen-bond donors (Lipinski definition) is 1. The number of benzene rings is 1. The average molecular weight is 307 g/mol. The first kappa shape index (κ1) is 13.9. The molecule has 0 radical (unpaired) electrons. The Balaban J connectivity index is 1.66. The van der Waals surface area contributed by atoms with Crippen LogP contribution in [0.5, 0.6) is 0 Å². The van der Waals surface area contributed by atoms with Crippen molar-refractivity contribution in [3.05, 3.63) is 42.2 Å². The Kier molecular flexibility index (Phi) is 2.94. The molecule has 1 aromatic carbocycles. The Morgan fingerprint density at radius 2 is 2.04 bits per heavy atom. The number of carbonyl (C=O) groups excluding carboxylic acids is 1. The molecular weight excluding hydrogens is 290 g/mol. The maximum absolute atomic E-state index is 12.2. The van der Waals surface area contributed by atoms with Gasteiger partial charge in [0, 0.05) is 16.7 Å². The molecule has 6 nitrogen and oxygen atoms in total. The van der Waals surface area contributed by atoms with Gasteiger partial charge >= 0.3 is 0 Å². The molecular formula is C17H17N5O. The van der Waals surface area contributed by atoms with Crippen LogP contribution in [0.2, 0.25) is 0 Å². The summed E-state index contributed by atoms with van der Waals surface area (Å²) in [5.41, 5.74) is 3.08. The van der Waals surface area contributed by atoms with Gasteiger partial charge in [-0.3, -0.25) is 4.79 Å². The van der Waals surface area contributed by atoms with E-state index in [1.54, 1.807) is 4.52 Å². The monoisotopic (exact) mass is 307 g/mol. The van der Waals surface area contributed by atoms with Crippen LogP contribution in [0.1, 0.15) is 25.6 Å². The number of carbonyl (C=O) groups is 1. The topological polar surface area (TPSA) is 72.2 Å². The highest BCUT2D eigenvalue weighted by Crippen LogP contribution is 2.45. The van der Waals surface area contributed by atoms with Crippen molar-refractivity contribution in [3.8, 4) is 11.3 Å². The molecule has 1 amide bonds. The van der Waals surface area contributed by atoms with Crippen LogP contribution < -0.4 is 5.32 Å². The Hall–Kier alpha value is -2.76. The van der Waals surface area contributed by atoms with E-state index in [2.05, 4.69) is 20.6 Å². The standard InChI is InChI=1S/C17H17N5O/c1-11-19-20-15-7-6-14(21-22(11)15)12-4-3-5-13(10-12)18-16(23)17(2)8-9-17/h3-7,10H,8-9H2,1-2H3,(H,18,23). The molecule has 116 valence electrons. The van der Waals surface area contributed by atoms with Crippen molar-refractivity contribution in [2.75, 3.05) is 5.32 Å². The Bertz CT molecular complexity index is 910. The summed E-state index contributed by atoms with van der Waals surface area (Å²) in [4.78, 5) is 12.2. The first-order valence-electron chi connectivity index (χ1n) is 7.66. The predicted molar refractivity (Wildman–Crippen MR) is 86.9 cm³/mol. The number of anilines is 1. The van der Waals surface area contributed by atoms with E-state index in [9.17, 15) is 4.79 Å². The largest absolute Gasteiger partial charge is 0.326 e. The summed E-state index contributed by atoms with van der Waals surface area (Å²) in [6.07, 6.45) is 1.92. The van der Waals surface area contributed by atoms with Gasteiger partial charge in [-0.05, 0) is 44.0 Å². The number of hydrogen-bond acceptors (Lipinski definition) is 4. The molecule has 1 saturated carbocycles. The fourth-order valence-electron chi connectivity index (χ4n) is 2.50. The fourth-order valence-corrected chi connectivity index (χ4v) is 2.50. The smallest absolute Gasteiger partial charge is 0.230 e. The van der Waals surface area contributed by atoms with Gasteiger partial charge in [0.2, 0.25) is 5.91 Å². The maximum Gasteiger partial charge on any atom is 0.230 e. The van der Waals surface area contributed by atoms with Crippen LogP contribution in [-0.2, 0) is 4.79 Å². The van der Waals surface area contributed by atoms with Gasteiger partial charge in [-0.2, -0.15) is 9.61 Å². The van der Waals surface area contributed by atoms with Crippen molar-refractivity contribution < 1.29 is 4.79 Å². The van der Waals surface area contributed by atoms with E-state index in [4.69, 9.17) is 0 Å². The number of fused-ring (bicyclic) bond motifs is 1. The van der Waals surface area contributed by atoms with Gasteiger partial charge < -0.3 is 5.32 Å². The number of nitrogens with zero attached hydrogens (tertiary/aromatic N) is 4. The highest BCUT2D eigenvalue weighted by Gasteiger charge is 2.44. The molecule has 0 aliphatic heterocycles. The molecule has 1 aliphatic rings. The summed E-state index contributed by atoms with van der Waals surface area (Å²) in [5, 5.41) is 15.6. The summed E-state index contributed by atoms with van der Waals surface area (Å²) in [7, 11) is 0. The lowest BCUT2D eigenvalue weighted by Crippen LogP contribution is -2.21. The van der Waals surface area contributed by atoms with Crippen LogP contribution in [0.25, 0.3) is 16.9 Å². The van der Waals surface area contributed by atoms with E-state index in [1.807, 2.05) is 50.2 Å². The summed E-state index contributed by atoms with van der Waals surface area (Å²) in [6.45, 7) is 3.86. The van der Waals surface area contributed by atoms with Crippen molar-refractivity contribution in [3.63, 3.8) is 0 Å². The van der Waals surface area contributed by atoms with E-state index in [0.717, 1.165) is 41.3 Å². The second-order valence-electron chi connectivity index (χ2n) is 6.33. The summed E-state index contributed by atoms with van der Waals surface area (Å²) < 4.78 is 1.71. The van der Waals surface area contributed by atoms with Gasteiger partial charge in [0.25, 0.3) is 0 Å². The van der Waals surface area contributed by atoms with Crippen LogP contribution in [-0.4, -0.2) is 25.7 Å². The van der Waals surface area contributed by atoms with Crippen LogP contribution in [0.15, 0.2) is 36.4 Å². The van der Waals surface area contributed by atoms with Crippen molar-refractivity contribution in [1.29, 1.82) is 0 Å². The molecule has 0 atom stereocenters. The summed E-state index contributed by atoms with van der Waals surface area (Å²) in [5.74, 6) is 0.834. The van der Waals surface area contributed by atoms with Crippen LogP contribution in [0.4, 0.5) is 5.69 Å². The third-order valence-electron chi connectivity index (χ3n) is 4.38. The lowest BCUT2D eigenvalue weighted by Gasteiger charge is -2.11. The molecule has 1 N–H and O–H groups in total. The van der Waals surface area contributed by atoms with Crippen LogP contribution in [0, 0.1) is 12.3 Å². The van der Waals surface area contributed by atoms with Crippen molar-refractivity contribution in [2.24, 2.45) is 5.41 Å². The van der Waals surface area contributed by atoms with E-state index in [-0.39, 0.29) is 11.3 Å².